The number of hydrogen-bond donors (Lipinski definition) is 1. The van der Waals surface area contributed by atoms with E-state index in [-0.39, 0.29) is 42.0 Å². The van der Waals surface area contributed by atoms with Gasteiger partial charge in [-0.1, -0.05) is 6.07 Å². The van der Waals surface area contributed by atoms with Crippen LogP contribution in [0.3, 0.4) is 0 Å². The molecule has 1 aromatic carbocycles. The van der Waals surface area contributed by atoms with E-state index in [0.717, 1.165) is 63.1 Å². The molecule has 0 spiro atoms. The lowest BCUT2D eigenvalue weighted by Gasteiger charge is -2.33. The van der Waals surface area contributed by atoms with Gasteiger partial charge in [0, 0.05) is 70.6 Å². The molecule has 4 rings (SSSR count). The summed E-state index contributed by atoms with van der Waals surface area (Å²) < 4.78 is 22.4. The summed E-state index contributed by atoms with van der Waals surface area (Å²) in [5.41, 5.74) is 1.64. The van der Waals surface area contributed by atoms with Gasteiger partial charge in [0.2, 0.25) is 0 Å². The van der Waals surface area contributed by atoms with Crippen LogP contribution in [0.2, 0.25) is 0 Å². The van der Waals surface area contributed by atoms with Crippen LogP contribution in [-0.2, 0) is 14.2 Å². The number of nitrogens with zero attached hydrogens (tertiary/aromatic N) is 2. The van der Waals surface area contributed by atoms with Gasteiger partial charge in [0.05, 0.1) is 12.7 Å². The van der Waals surface area contributed by atoms with E-state index < -0.39 is 0 Å². The molecule has 1 aromatic rings. The summed E-state index contributed by atoms with van der Waals surface area (Å²) in [4.78, 5) is 30.6. The van der Waals surface area contributed by atoms with Crippen molar-refractivity contribution in [1.29, 1.82) is 0 Å². The maximum absolute atomic E-state index is 13.7. The zero-order valence-electron chi connectivity index (χ0n) is 24.2. The van der Waals surface area contributed by atoms with E-state index in [9.17, 15) is 9.59 Å². The number of methoxy groups -OCH3 is 1. The van der Waals surface area contributed by atoms with Crippen molar-refractivity contribution in [2.45, 2.75) is 71.1 Å². The van der Waals surface area contributed by atoms with Crippen LogP contribution in [0.5, 0.6) is 5.75 Å². The number of amides is 2. The number of ether oxygens (including phenoxy) is 4. The Morgan fingerprint density at radius 2 is 1.87 bits per heavy atom. The second-order valence-electron chi connectivity index (χ2n) is 11.5. The summed E-state index contributed by atoms with van der Waals surface area (Å²) in [6, 6.07) is 6.01. The molecule has 218 valence electrons. The van der Waals surface area contributed by atoms with Crippen LogP contribution in [-0.4, -0.2) is 99.7 Å². The molecule has 1 saturated carbocycles. The molecule has 3 atom stereocenters. The second kappa shape index (κ2) is 14.3. The standard InChI is InChI=1S/C30H47N3O6/c1-21(2)32(29(34)23-9-8-22(3)28(15-23)38-14-6-12-36-4)18-24-16-31-17-25(24)19-33(26-10-11-26)30(35)39-20-27-7-5-13-37-27/h8-9,15,21,24-27,31H,5-7,10-14,16-20H2,1-4H3/t24-,25-,27+/m0/s1. The van der Waals surface area contributed by atoms with Gasteiger partial charge >= 0.3 is 6.09 Å². The van der Waals surface area contributed by atoms with Crippen molar-refractivity contribution in [3.63, 3.8) is 0 Å². The van der Waals surface area contributed by atoms with Gasteiger partial charge in [-0.3, -0.25) is 4.79 Å². The van der Waals surface area contributed by atoms with Crippen molar-refractivity contribution in [2.75, 3.05) is 59.7 Å². The number of benzene rings is 1. The molecule has 0 bridgehead atoms. The van der Waals surface area contributed by atoms with Gasteiger partial charge in [-0.15, -0.1) is 0 Å². The first-order valence-corrected chi connectivity index (χ1v) is 14.7. The van der Waals surface area contributed by atoms with E-state index >= 15 is 0 Å². The van der Waals surface area contributed by atoms with Crippen molar-refractivity contribution in [2.24, 2.45) is 11.8 Å². The highest BCUT2D eigenvalue weighted by Gasteiger charge is 2.39. The molecule has 2 amide bonds. The molecule has 1 N–H and O–H groups in total. The maximum atomic E-state index is 13.7. The van der Waals surface area contributed by atoms with Crippen LogP contribution >= 0.6 is 0 Å². The zero-order valence-corrected chi connectivity index (χ0v) is 24.2. The van der Waals surface area contributed by atoms with Gasteiger partial charge in [0.15, 0.2) is 0 Å². The summed E-state index contributed by atoms with van der Waals surface area (Å²) in [6.07, 6.45) is 4.63. The lowest BCUT2D eigenvalue weighted by atomic mass is 9.94. The molecule has 39 heavy (non-hydrogen) atoms. The summed E-state index contributed by atoms with van der Waals surface area (Å²) >= 11 is 0. The minimum absolute atomic E-state index is 0.00686. The zero-order chi connectivity index (χ0) is 27.8. The molecule has 0 radical (unpaired) electrons. The Balaban J connectivity index is 1.37. The fraction of sp³-hybridized carbons (Fsp3) is 0.733. The Hall–Kier alpha value is -2.36. The van der Waals surface area contributed by atoms with Gasteiger partial charge in [-0.05, 0) is 76.0 Å². The number of hydrogen-bond acceptors (Lipinski definition) is 7. The second-order valence-corrected chi connectivity index (χ2v) is 11.5. The van der Waals surface area contributed by atoms with Gasteiger partial charge in [-0.25, -0.2) is 4.79 Å². The van der Waals surface area contributed by atoms with Crippen LogP contribution in [0.4, 0.5) is 4.79 Å². The average molecular weight is 546 g/mol. The number of nitrogens with one attached hydrogen (secondary N) is 1. The van der Waals surface area contributed by atoms with Crippen LogP contribution in [0, 0.1) is 18.8 Å². The summed E-state index contributed by atoms with van der Waals surface area (Å²) in [5, 5.41) is 3.51. The predicted molar refractivity (Wildman–Crippen MR) is 149 cm³/mol. The molecule has 0 aromatic heterocycles. The summed E-state index contributed by atoms with van der Waals surface area (Å²) in [6.45, 7) is 11.3. The maximum Gasteiger partial charge on any atom is 0.410 e. The molecule has 3 fully saturated rings. The Labute approximate surface area is 233 Å². The normalized spacial score (nSPS) is 22.7. The van der Waals surface area contributed by atoms with Crippen LogP contribution in [0.15, 0.2) is 18.2 Å². The minimum atomic E-state index is -0.229. The average Bonchev–Trinajstić information content (AvgIpc) is 3.43. The monoisotopic (exact) mass is 545 g/mol. The first kappa shape index (κ1) is 29.6. The molecular formula is C30H47N3O6. The number of rotatable bonds is 14. The van der Waals surface area contributed by atoms with Gasteiger partial charge in [0.25, 0.3) is 5.91 Å². The highest BCUT2D eigenvalue weighted by molar-refractivity contribution is 5.95. The fourth-order valence-electron chi connectivity index (χ4n) is 5.47. The fourth-order valence-corrected chi connectivity index (χ4v) is 5.47. The molecule has 2 heterocycles. The minimum Gasteiger partial charge on any atom is -0.493 e. The number of carbonyl (C=O) groups excluding carboxylic acids is 2. The Kier molecular flexibility index (Phi) is 10.9. The van der Waals surface area contributed by atoms with E-state index in [1.54, 1.807) is 7.11 Å². The quantitative estimate of drug-likeness (QED) is 0.355. The Bertz CT molecular complexity index is 947. The Morgan fingerprint density at radius 1 is 1.10 bits per heavy atom. The highest BCUT2D eigenvalue weighted by Crippen LogP contribution is 2.31. The summed E-state index contributed by atoms with van der Waals surface area (Å²) in [5.74, 6) is 1.25. The van der Waals surface area contributed by atoms with Crippen molar-refractivity contribution in [1.82, 2.24) is 15.1 Å². The molecule has 1 aliphatic carbocycles. The van der Waals surface area contributed by atoms with Crippen LogP contribution in [0.25, 0.3) is 0 Å². The lowest BCUT2D eigenvalue weighted by Crippen LogP contribution is -2.45. The van der Waals surface area contributed by atoms with Crippen molar-refractivity contribution >= 4 is 12.0 Å². The molecule has 3 aliphatic rings. The molecule has 9 nitrogen and oxygen atoms in total. The van der Waals surface area contributed by atoms with E-state index in [1.165, 1.54) is 0 Å². The molecular weight excluding hydrogens is 498 g/mol. The molecule has 2 saturated heterocycles. The molecule has 0 unspecified atom stereocenters. The van der Waals surface area contributed by atoms with Crippen molar-refractivity contribution in [3.8, 4) is 5.75 Å². The van der Waals surface area contributed by atoms with Gasteiger partial charge < -0.3 is 34.1 Å². The topological polar surface area (TPSA) is 89.6 Å². The van der Waals surface area contributed by atoms with E-state index in [4.69, 9.17) is 18.9 Å². The van der Waals surface area contributed by atoms with Crippen molar-refractivity contribution in [3.05, 3.63) is 29.3 Å². The first-order chi connectivity index (χ1) is 18.9. The Morgan fingerprint density at radius 3 is 2.54 bits per heavy atom. The molecule has 2 aliphatic heterocycles. The number of aryl methyl sites for hydroxylation is 1. The van der Waals surface area contributed by atoms with Crippen LogP contribution < -0.4 is 10.1 Å². The predicted octanol–water partition coefficient (Wildman–Crippen LogP) is 3.88. The van der Waals surface area contributed by atoms with Crippen LogP contribution in [0.1, 0.15) is 61.9 Å². The third-order valence-corrected chi connectivity index (χ3v) is 8.05. The van der Waals surface area contributed by atoms with Gasteiger partial charge in [0.1, 0.15) is 12.4 Å². The van der Waals surface area contributed by atoms with E-state index in [0.29, 0.717) is 38.5 Å². The smallest absolute Gasteiger partial charge is 0.410 e. The van der Waals surface area contributed by atoms with E-state index in [2.05, 4.69) is 19.2 Å². The lowest BCUT2D eigenvalue weighted by molar-refractivity contribution is 0.0259. The highest BCUT2D eigenvalue weighted by atomic mass is 16.6. The third-order valence-electron chi connectivity index (χ3n) is 8.05. The number of carbonyl (C=O) groups is 2. The molecule has 9 heteroatoms. The van der Waals surface area contributed by atoms with Gasteiger partial charge in [-0.2, -0.15) is 0 Å². The van der Waals surface area contributed by atoms with Crippen molar-refractivity contribution < 1.29 is 28.5 Å². The first-order valence-electron chi connectivity index (χ1n) is 14.7. The van der Waals surface area contributed by atoms with E-state index in [1.807, 2.05) is 34.9 Å². The third kappa shape index (κ3) is 8.32. The SMILES string of the molecule is COCCCOc1cc(C(=O)N(C[C@@H]2CNC[C@H]2CN(C(=O)OC[C@H]2CCCO2)C2CC2)C(C)C)ccc1C. The summed E-state index contributed by atoms with van der Waals surface area (Å²) in [7, 11) is 1.68. The largest absolute Gasteiger partial charge is 0.493 e.